The number of nitrogens with one attached hydrogen (secondary N) is 1. The summed E-state index contributed by atoms with van der Waals surface area (Å²) in [6.45, 7) is 2.60. The highest BCUT2D eigenvalue weighted by atomic mass is 16.2. The standard InChI is InChI=1S/C11H14N2O2/c1-2-6-13-11(15)9-5-3-4-8(7-9)10(12)14/h3-5,7H,2,6H2,1H3,(H2,12,14)(H,13,15). The summed E-state index contributed by atoms with van der Waals surface area (Å²) in [5.41, 5.74) is 5.92. The zero-order chi connectivity index (χ0) is 11.3. The van der Waals surface area contributed by atoms with Gasteiger partial charge in [-0.3, -0.25) is 9.59 Å². The first kappa shape index (κ1) is 11.2. The van der Waals surface area contributed by atoms with Gasteiger partial charge in [-0.2, -0.15) is 0 Å². The number of hydrogen-bond donors (Lipinski definition) is 2. The second-order valence-corrected chi connectivity index (χ2v) is 3.20. The Labute approximate surface area is 88.5 Å². The third-order valence-corrected chi connectivity index (χ3v) is 1.94. The van der Waals surface area contributed by atoms with Gasteiger partial charge in [-0.1, -0.05) is 13.0 Å². The molecule has 3 N–H and O–H groups in total. The Morgan fingerprint density at radius 1 is 1.33 bits per heavy atom. The molecule has 0 saturated heterocycles. The van der Waals surface area contributed by atoms with Crippen molar-refractivity contribution in [2.75, 3.05) is 6.54 Å². The molecular formula is C11H14N2O2. The Bertz CT molecular complexity index is 375. The summed E-state index contributed by atoms with van der Waals surface area (Å²) in [6, 6.07) is 6.37. The maximum Gasteiger partial charge on any atom is 0.251 e. The Morgan fingerprint density at radius 2 is 2.00 bits per heavy atom. The quantitative estimate of drug-likeness (QED) is 0.769. The zero-order valence-corrected chi connectivity index (χ0v) is 8.62. The number of rotatable bonds is 4. The van der Waals surface area contributed by atoms with Crippen LogP contribution in [0.4, 0.5) is 0 Å². The van der Waals surface area contributed by atoms with E-state index in [0.717, 1.165) is 6.42 Å². The second-order valence-electron chi connectivity index (χ2n) is 3.20. The summed E-state index contributed by atoms with van der Waals surface area (Å²) >= 11 is 0. The van der Waals surface area contributed by atoms with Gasteiger partial charge in [0, 0.05) is 17.7 Å². The summed E-state index contributed by atoms with van der Waals surface area (Å²) in [5, 5.41) is 2.72. The van der Waals surface area contributed by atoms with Crippen molar-refractivity contribution < 1.29 is 9.59 Å². The lowest BCUT2D eigenvalue weighted by atomic mass is 10.1. The minimum atomic E-state index is -0.528. The highest BCUT2D eigenvalue weighted by Gasteiger charge is 2.07. The zero-order valence-electron chi connectivity index (χ0n) is 8.62. The molecule has 0 aliphatic rings. The minimum absolute atomic E-state index is 0.181. The van der Waals surface area contributed by atoms with Gasteiger partial charge in [0.1, 0.15) is 0 Å². The van der Waals surface area contributed by atoms with Gasteiger partial charge >= 0.3 is 0 Å². The molecule has 0 aliphatic heterocycles. The van der Waals surface area contributed by atoms with Crippen molar-refractivity contribution in [3.8, 4) is 0 Å². The minimum Gasteiger partial charge on any atom is -0.366 e. The molecule has 0 aromatic heterocycles. The Kier molecular flexibility index (Phi) is 3.85. The Morgan fingerprint density at radius 3 is 2.60 bits per heavy atom. The molecule has 0 aliphatic carbocycles. The highest BCUT2D eigenvalue weighted by molar-refractivity contribution is 5.99. The number of amides is 2. The van der Waals surface area contributed by atoms with E-state index in [1.54, 1.807) is 18.2 Å². The van der Waals surface area contributed by atoms with Crippen molar-refractivity contribution in [1.82, 2.24) is 5.32 Å². The molecule has 1 aromatic rings. The van der Waals surface area contributed by atoms with Crippen LogP contribution in [0, 0.1) is 0 Å². The Hall–Kier alpha value is -1.84. The first-order valence-electron chi connectivity index (χ1n) is 4.83. The van der Waals surface area contributed by atoms with Crippen molar-refractivity contribution in [2.45, 2.75) is 13.3 Å². The summed E-state index contributed by atoms with van der Waals surface area (Å²) in [6.07, 6.45) is 0.876. The molecule has 0 saturated carbocycles. The van der Waals surface area contributed by atoms with Crippen molar-refractivity contribution in [3.05, 3.63) is 35.4 Å². The fourth-order valence-corrected chi connectivity index (χ4v) is 1.15. The summed E-state index contributed by atoms with van der Waals surface area (Å²) in [5.74, 6) is -0.708. The van der Waals surface area contributed by atoms with Gasteiger partial charge in [0.15, 0.2) is 0 Å². The van der Waals surface area contributed by atoms with E-state index in [4.69, 9.17) is 5.73 Å². The molecular weight excluding hydrogens is 192 g/mol. The predicted molar refractivity (Wildman–Crippen MR) is 57.6 cm³/mol. The van der Waals surface area contributed by atoms with Crippen LogP contribution in [0.1, 0.15) is 34.1 Å². The van der Waals surface area contributed by atoms with Gasteiger partial charge in [0.2, 0.25) is 5.91 Å². The lowest BCUT2D eigenvalue weighted by Gasteiger charge is -2.04. The normalized spacial score (nSPS) is 9.67. The van der Waals surface area contributed by atoms with Crippen LogP contribution in [0.15, 0.2) is 24.3 Å². The van der Waals surface area contributed by atoms with Crippen molar-refractivity contribution >= 4 is 11.8 Å². The number of carbonyl (C=O) groups excluding carboxylic acids is 2. The van der Waals surface area contributed by atoms with Gasteiger partial charge in [-0.05, 0) is 24.6 Å². The number of benzene rings is 1. The predicted octanol–water partition coefficient (Wildman–Crippen LogP) is 0.925. The molecule has 4 nitrogen and oxygen atoms in total. The van der Waals surface area contributed by atoms with Crippen LogP contribution in [0.5, 0.6) is 0 Å². The molecule has 0 spiro atoms. The molecule has 80 valence electrons. The smallest absolute Gasteiger partial charge is 0.251 e. The average molecular weight is 206 g/mol. The van der Waals surface area contributed by atoms with E-state index < -0.39 is 5.91 Å². The van der Waals surface area contributed by atoms with E-state index in [1.807, 2.05) is 6.92 Å². The molecule has 4 heteroatoms. The van der Waals surface area contributed by atoms with Crippen LogP contribution in [0.3, 0.4) is 0 Å². The van der Waals surface area contributed by atoms with E-state index in [-0.39, 0.29) is 5.91 Å². The van der Waals surface area contributed by atoms with Gasteiger partial charge in [-0.25, -0.2) is 0 Å². The summed E-state index contributed by atoms with van der Waals surface area (Å²) in [4.78, 5) is 22.4. The van der Waals surface area contributed by atoms with Crippen LogP contribution in [-0.4, -0.2) is 18.4 Å². The van der Waals surface area contributed by atoms with E-state index >= 15 is 0 Å². The number of nitrogens with two attached hydrogens (primary N) is 1. The molecule has 0 atom stereocenters. The molecule has 1 rings (SSSR count). The first-order chi connectivity index (χ1) is 7.15. The maximum atomic E-state index is 11.5. The molecule has 0 fully saturated rings. The van der Waals surface area contributed by atoms with Crippen LogP contribution < -0.4 is 11.1 Å². The summed E-state index contributed by atoms with van der Waals surface area (Å²) in [7, 11) is 0. The molecule has 0 heterocycles. The van der Waals surface area contributed by atoms with Crippen molar-refractivity contribution in [1.29, 1.82) is 0 Å². The van der Waals surface area contributed by atoms with Crippen molar-refractivity contribution in [2.24, 2.45) is 5.73 Å². The molecule has 2 amide bonds. The lowest BCUT2D eigenvalue weighted by Crippen LogP contribution is -2.24. The highest BCUT2D eigenvalue weighted by Crippen LogP contribution is 2.04. The number of carbonyl (C=O) groups is 2. The van der Waals surface area contributed by atoms with Gasteiger partial charge < -0.3 is 11.1 Å². The molecule has 1 aromatic carbocycles. The lowest BCUT2D eigenvalue weighted by molar-refractivity contribution is 0.0953. The van der Waals surface area contributed by atoms with Crippen LogP contribution in [-0.2, 0) is 0 Å². The molecule has 0 bridgehead atoms. The van der Waals surface area contributed by atoms with E-state index in [2.05, 4.69) is 5.32 Å². The van der Waals surface area contributed by atoms with Gasteiger partial charge in [0.05, 0.1) is 0 Å². The Balaban J connectivity index is 2.81. The van der Waals surface area contributed by atoms with E-state index in [1.165, 1.54) is 6.07 Å². The van der Waals surface area contributed by atoms with Crippen LogP contribution >= 0.6 is 0 Å². The maximum absolute atomic E-state index is 11.5. The second kappa shape index (κ2) is 5.14. The number of primary amides is 1. The monoisotopic (exact) mass is 206 g/mol. The fraction of sp³-hybridized carbons (Fsp3) is 0.273. The van der Waals surface area contributed by atoms with Gasteiger partial charge in [-0.15, -0.1) is 0 Å². The third-order valence-electron chi connectivity index (χ3n) is 1.94. The van der Waals surface area contributed by atoms with Crippen LogP contribution in [0.25, 0.3) is 0 Å². The molecule has 0 radical (unpaired) electrons. The topological polar surface area (TPSA) is 72.2 Å². The first-order valence-corrected chi connectivity index (χ1v) is 4.83. The SMILES string of the molecule is CCCNC(=O)c1cccc(C(N)=O)c1. The average Bonchev–Trinajstić information content (AvgIpc) is 2.26. The van der Waals surface area contributed by atoms with Crippen molar-refractivity contribution in [3.63, 3.8) is 0 Å². The molecule has 15 heavy (non-hydrogen) atoms. The number of hydrogen-bond acceptors (Lipinski definition) is 2. The van der Waals surface area contributed by atoms with Crippen LogP contribution in [0.2, 0.25) is 0 Å². The van der Waals surface area contributed by atoms with E-state index in [9.17, 15) is 9.59 Å². The molecule has 0 unspecified atom stereocenters. The summed E-state index contributed by atoms with van der Waals surface area (Å²) < 4.78 is 0. The third kappa shape index (κ3) is 3.09. The van der Waals surface area contributed by atoms with E-state index in [0.29, 0.717) is 17.7 Å². The largest absolute Gasteiger partial charge is 0.366 e. The fourth-order valence-electron chi connectivity index (χ4n) is 1.15. The van der Waals surface area contributed by atoms with Gasteiger partial charge in [0.25, 0.3) is 5.91 Å².